The van der Waals surface area contributed by atoms with Gasteiger partial charge in [-0.3, -0.25) is 0 Å². The molecule has 1 atom stereocenters. The van der Waals surface area contributed by atoms with Crippen LogP contribution in [0, 0.1) is 12.8 Å². The van der Waals surface area contributed by atoms with Gasteiger partial charge in [0, 0.05) is 38.5 Å². The molecule has 1 unspecified atom stereocenters. The molecule has 1 aromatic rings. The van der Waals surface area contributed by atoms with Crippen LogP contribution in [0.5, 0.6) is 0 Å². The molecule has 1 aromatic carbocycles. The lowest BCUT2D eigenvalue weighted by Crippen LogP contribution is -2.30. The van der Waals surface area contributed by atoms with E-state index in [1.165, 1.54) is 29.7 Å². The molecule has 1 fully saturated rings. The first-order chi connectivity index (χ1) is 9.56. The molecule has 20 heavy (non-hydrogen) atoms. The van der Waals surface area contributed by atoms with E-state index < -0.39 is 0 Å². The molecule has 1 heterocycles. The van der Waals surface area contributed by atoms with Crippen molar-refractivity contribution in [2.24, 2.45) is 11.7 Å². The van der Waals surface area contributed by atoms with Crippen molar-refractivity contribution in [3.63, 3.8) is 0 Å². The number of anilines is 1. The summed E-state index contributed by atoms with van der Waals surface area (Å²) in [5.41, 5.74) is 9.89. The van der Waals surface area contributed by atoms with Gasteiger partial charge < -0.3 is 15.4 Å². The highest BCUT2D eigenvalue weighted by Gasteiger charge is 2.16. The van der Waals surface area contributed by atoms with Gasteiger partial charge in [0.05, 0.1) is 0 Å². The van der Waals surface area contributed by atoms with E-state index in [0.29, 0.717) is 0 Å². The van der Waals surface area contributed by atoms with Crippen LogP contribution < -0.4 is 10.6 Å². The molecule has 0 saturated carbocycles. The van der Waals surface area contributed by atoms with Gasteiger partial charge in [0.2, 0.25) is 0 Å². The van der Waals surface area contributed by atoms with Crippen molar-refractivity contribution >= 4 is 5.69 Å². The molecule has 2 rings (SSSR count). The number of nitrogens with zero attached hydrogens (tertiary/aromatic N) is 1. The summed E-state index contributed by atoms with van der Waals surface area (Å²) in [5, 5.41) is 0. The second-order valence-electron chi connectivity index (χ2n) is 6.24. The smallest absolute Gasteiger partial charge is 0.0469 e. The van der Waals surface area contributed by atoms with Gasteiger partial charge in [-0.2, -0.15) is 0 Å². The van der Waals surface area contributed by atoms with Crippen LogP contribution in [-0.2, 0) is 11.2 Å². The van der Waals surface area contributed by atoms with Crippen LogP contribution in [-0.4, -0.2) is 32.8 Å². The number of ether oxygens (including phenoxy) is 1. The molecule has 3 heteroatoms. The molecule has 0 amide bonds. The molecule has 0 bridgehead atoms. The average Bonchev–Trinajstić information content (AvgIpc) is 2.39. The first-order valence-electron chi connectivity index (χ1n) is 7.70. The van der Waals surface area contributed by atoms with Crippen molar-refractivity contribution in [3.05, 3.63) is 29.3 Å². The minimum absolute atomic E-state index is 0.222. The Labute approximate surface area is 123 Å². The Morgan fingerprint density at radius 3 is 2.65 bits per heavy atom. The normalized spacial score (nSPS) is 18.0. The summed E-state index contributed by atoms with van der Waals surface area (Å²) >= 11 is 0. The lowest BCUT2D eigenvalue weighted by atomic mass is 9.98. The predicted octanol–water partition coefficient (Wildman–Crippen LogP) is 2.75. The maximum absolute atomic E-state index is 5.87. The molecule has 0 aromatic heterocycles. The van der Waals surface area contributed by atoms with Crippen molar-refractivity contribution in [2.75, 3.05) is 31.7 Å². The van der Waals surface area contributed by atoms with Gasteiger partial charge in [-0.05, 0) is 56.2 Å². The SMILES string of the molecule is Cc1cc(CC(C)N)ccc1N(C)CC1CCOCC1. The zero-order valence-electron chi connectivity index (χ0n) is 13.1. The molecule has 0 spiro atoms. The van der Waals surface area contributed by atoms with Gasteiger partial charge in [0.1, 0.15) is 0 Å². The predicted molar refractivity (Wildman–Crippen MR) is 85.3 cm³/mol. The first-order valence-corrected chi connectivity index (χ1v) is 7.70. The second-order valence-corrected chi connectivity index (χ2v) is 6.24. The van der Waals surface area contributed by atoms with E-state index in [-0.39, 0.29) is 6.04 Å². The van der Waals surface area contributed by atoms with Crippen LogP contribution in [0.1, 0.15) is 30.9 Å². The van der Waals surface area contributed by atoms with Crippen LogP contribution in [0.3, 0.4) is 0 Å². The molecule has 0 aliphatic carbocycles. The Morgan fingerprint density at radius 2 is 2.05 bits per heavy atom. The summed E-state index contributed by atoms with van der Waals surface area (Å²) in [7, 11) is 2.20. The first kappa shape index (κ1) is 15.3. The monoisotopic (exact) mass is 276 g/mol. The molecule has 1 aliphatic heterocycles. The third-order valence-electron chi connectivity index (χ3n) is 4.10. The van der Waals surface area contributed by atoms with Crippen molar-refractivity contribution < 1.29 is 4.74 Å². The van der Waals surface area contributed by atoms with Crippen LogP contribution >= 0.6 is 0 Å². The van der Waals surface area contributed by atoms with E-state index in [1.54, 1.807) is 0 Å². The molecule has 3 nitrogen and oxygen atoms in total. The minimum atomic E-state index is 0.222. The topological polar surface area (TPSA) is 38.5 Å². The van der Waals surface area contributed by atoms with Crippen LogP contribution in [0.25, 0.3) is 0 Å². The van der Waals surface area contributed by atoms with Crippen LogP contribution in [0.4, 0.5) is 5.69 Å². The average molecular weight is 276 g/mol. The number of rotatable bonds is 5. The maximum Gasteiger partial charge on any atom is 0.0469 e. The fourth-order valence-corrected chi connectivity index (χ4v) is 3.06. The number of benzene rings is 1. The van der Waals surface area contributed by atoms with E-state index in [0.717, 1.165) is 32.1 Å². The Bertz CT molecular complexity index is 425. The van der Waals surface area contributed by atoms with Gasteiger partial charge in [0.25, 0.3) is 0 Å². The summed E-state index contributed by atoms with van der Waals surface area (Å²) in [6.07, 6.45) is 3.32. The van der Waals surface area contributed by atoms with E-state index in [4.69, 9.17) is 10.5 Å². The van der Waals surface area contributed by atoms with Gasteiger partial charge >= 0.3 is 0 Å². The van der Waals surface area contributed by atoms with E-state index in [9.17, 15) is 0 Å². The third kappa shape index (κ3) is 4.22. The number of hydrogen-bond acceptors (Lipinski definition) is 3. The maximum atomic E-state index is 5.87. The molecular weight excluding hydrogens is 248 g/mol. The van der Waals surface area contributed by atoms with Gasteiger partial charge in [0.15, 0.2) is 0 Å². The summed E-state index contributed by atoms with van der Waals surface area (Å²) in [6.45, 7) is 7.22. The Balaban J connectivity index is 2.00. The molecule has 112 valence electrons. The molecule has 2 N–H and O–H groups in total. The summed E-state index contributed by atoms with van der Waals surface area (Å²) in [6, 6.07) is 6.96. The quantitative estimate of drug-likeness (QED) is 0.898. The Hall–Kier alpha value is -1.06. The van der Waals surface area contributed by atoms with Crippen molar-refractivity contribution in [1.82, 2.24) is 0 Å². The van der Waals surface area contributed by atoms with Crippen LogP contribution in [0.15, 0.2) is 18.2 Å². The van der Waals surface area contributed by atoms with Gasteiger partial charge in [-0.1, -0.05) is 12.1 Å². The molecule has 1 aliphatic rings. The number of aryl methyl sites for hydroxylation is 1. The lowest BCUT2D eigenvalue weighted by Gasteiger charge is -2.29. The summed E-state index contributed by atoms with van der Waals surface area (Å²) in [5.74, 6) is 0.761. The zero-order valence-corrected chi connectivity index (χ0v) is 13.1. The third-order valence-corrected chi connectivity index (χ3v) is 4.10. The second kappa shape index (κ2) is 7.09. The van der Waals surface area contributed by atoms with Crippen molar-refractivity contribution in [3.8, 4) is 0 Å². The fraction of sp³-hybridized carbons (Fsp3) is 0.647. The van der Waals surface area contributed by atoms with Gasteiger partial charge in [-0.15, -0.1) is 0 Å². The zero-order chi connectivity index (χ0) is 14.5. The molecule has 1 saturated heterocycles. The largest absolute Gasteiger partial charge is 0.381 e. The van der Waals surface area contributed by atoms with E-state index >= 15 is 0 Å². The molecular formula is C17H28N2O. The van der Waals surface area contributed by atoms with Crippen molar-refractivity contribution in [1.29, 1.82) is 0 Å². The summed E-state index contributed by atoms with van der Waals surface area (Å²) < 4.78 is 5.43. The highest BCUT2D eigenvalue weighted by Crippen LogP contribution is 2.24. The molecule has 0 radical (unpaired) electrons. The Morgan fingerprint density at radius 1 is 1.35 bits per heavy atom. The fourth-order valence-electron chi connectivity index (χ4n) is 3.06. The summed E-state index contributed by atoms with van der Waals surface area (Å²) in [4.78, 5) is 2.39. The van der Waals surface area contributed by atoms with E-state index in [2.05, 4.69) is 44.0 Å². The van der Waals surface area contributed by atoms with Crippen LogP contribution in [0.2, 0.25) is 0 Å². The van der Waals surface area contributed by atoms with E-state index in [1.807, 2.05) is 0 Å². The highest BCUT2D eigenvalue weighted by atomic mass is 16.5. The minimum Gasteiger partial charge on any atom is -0.381 e. The van der Waals surface area contributed by atoms with Gasteiger partial charge in [-0.25, -0.2) is 0 Å². The van der Waals surface area contributed by atoms with Crippen molar-refractivity contribution in [2.45, 2.75) is 39.2 Å². The highest BCUT2D eigenvalue weighted by molar-refractivity contribution is 5.54. The standard InChI is InChI=1S/C17H28N2O/c1-13-10-16(11-14(2)18)4-5-17(13)19(3)12-15-6-8-20-9-7-15/h4-5,10,14-15H,6-9,11-12,18H2,1-3H3. The lowest BCUT2D eigenvalue weighted by molar-refractivity contribution is 0.0685. The number of hydrogen-bond donors (Lipinski definition) is 1. The number of nitrogens with two attached hydrogens (primary N) is 1. The Kier molecular flexibility index (Phi) is 5.44.